The Labute approximate surface area is 171 Å². The van der Waals surface area contributed by atoms with Gasteiger partial charge >= 0.3 is 0 Å². The van der Waals surface area contributed by atoms with Gasteiger partial charge in [-0.2, -0.15) is 8.42 Å². The molecule has 0 heterocycles. The molecule has 0 rings (SSSR count). The molecular formula is C23H50NO2S+. The minimum absolute atomic E-state index is 0.383. The summed E-state index contributed by atoms with van der Waals surface area (Å²) in [7, 11) is -3.08. The lowest BCUT2D eigenvalue weighted by atomic mass is 10.1. The van der Waals surface area contributed by atoms with Crippen molar-refractivity contribution in [1.82, 2.24) is 0 Å². The molecule has 0 N–H and O–H groups in total. The molecule has 0 fully saturated rings. The van der Waals surface area contributed by atoms with E-state index >= 15 is 0 Å². The molecule has 0 atom stereocenters. The van der Waals surface area contributed by atoms with E-state index < -0.39 is 10.0 Å². The number of unbranched alkanes of at least 4 members (excludes halogenated alkanes) is 11. The highest BCUT2D eigenvalue weighted by molar-refractivity contribution is 7.85. The zero-order valence-electron chi connectivity index (χ0n) is 19.1. The molecule has 0 saturated carbocycles. The fourth-order valence-electron chi connectivity index (χ4n) is 3.96. The number of nitrogens with zero attached hydrogens (tertiary/aromatic N) is 1. The van der Waals surface area contributed by atoms with Gasteiger partial charge in [-0.05, 0) is 44.9 Å². The highest BCUT2D eigenvalue weighted by Crippen LogP contribution is 2.24. The van der Waals surface area contributed by atoms with E-state index in [9.17, 15) is 8.42 Å². The maximum absolute atomic E-state index is 13.5. The van der Waals surface area contributed by atoms with Gasteiger partial charge in [-0.1, -0.05) is 79.1 Å². The molecule has 0 bridgehead atoms. The number of quaternary nitrogens is 1. The molecule has 0 spiro atoms. The van der Waals surface area contributed by atoms with E-state index in [-0.39, 0.29) is 0 Å². The first kappa shape index (κ1) is 26.9. The average Bonchev–Trinajstić information content (AvgIpc) is 2.65. The second-order valence-corrected chi connectivity index (χ2v) is 10.8. The summed E-state index contributed by atoms with van der Waals surface area (Å²) in [6, 6.07) is 0. The summed E-state index contributed by atoms with van der Waals surface area (Å²) >= 11 is 0. The second kappa shape index (κ2) is 16.8. The maximum atomic E-state index is 13.5. The third-order valence-electron chi connectivity index (χ3n) is 5.85. The van der Waals surface area contributed by atoms with E-state index in [1.165, 1.54) is 57.8 Å². The largest absolute Gasteiger partial charge is 0.297 e. The van der Waals surface area contributed by atoms with Crippen LogP contribution in [0, 0.1) is 0 Å². The number of hydrogen-bond acceptors (Lipinski definition) is 2. The zero-order valence-corrected chi connectivity index (χ0v) is 19.9. The van der Waals surface area contributed by atoms with Crippen molar-refractivity contribution >= 4 is 10.0 Å². The Bertz CT molecular complexity index is 389. The van der Waals surface area contributed by atoms with E-state index in [0.717, 1.165) is 58.2 Å². The first-order chi connectivity index (χ1) is 13.0. The molecule has 0 aromatic heterocycles. The summed E-state index contributed by atoms with van der Waals surface area (Å²) in [5, 5.41) is 0. The lowest BCUT2D eigenvalue weighted by molar-refractivity contribution is -0.807. The lowest BCUT2D eigenvalue weighted by Gasteiger charge is -2.37. The van der Waals surface area contributed by atoms with Crippen molar-refractivity contribution in [3.05, 3.63) is 0 Å². The molecule has 0 aliphatic rings. The highest BCUT2D eigenvalue weighted by Gasteiger charge is 2.39. The van der Waals surface area contributed by atoms with Gasteiger partial charge in [0, 0.05) is 0 Å². The SMILES string of the molecule is CCCCCC[N+](CCCCCC)(CCCCCC)S(=O)(=O)CCCCC. The van der Waals surface area contributed by atoms with Crippen molar-refractivity contribution in [2.75, 3.05) is 25.4 Å². The number of sulfonamides is 1. The Kier molecular flexibility index (Phi) is 16.8. The molecule has 0 radical (unpaired) electrons. The van der Waals surface area contributed by atoms with Crippen LogP contribution in [0.25, 0.3) is 0 Å². The second-order valence-electron chi connectivity index (χ2n) is 8.40. The van der Waals surface area contributed by atoms with Gasteiger partial charge in [0.15, 0.2) is 0 Å². The topological polar surface area (TPSA) is 34.1 Å². The maximum Gasteiger partial charge on any atom is 0.297 e. The summed E-state index contributed by atoms with van der Waals surface area (Å²) in [6.45, 7) is 11.3. The third-order valence-corrected chi connectivity index (χ3v) is 8.39. The van der Waals surface area contributed by atoms with Gasteiger partial charge in [-0.3, -0.25) is 0 Å². The van der Waals surface area contributed by atoms with Crippen molar-refractivity contribution < 1.29 is 12.3 Å². The van der Waals surface area contributed by atoms with Crippen LogP contribution >= 0.6 is 0 Å². The molecule has 0 saturated heterocycles. The first-order valence-corrected chi connectivity index (χ1v) is 13.7. The first-order valence-electron chi connectivity index (χ1n) is 12.1. The number of hydrogen-bond donors (Lipinski definition) is 0. The third kappa shape index (κ3) is 11.5. The smallest absolute Gasteiger partial charge is 0.218 e. The van der Waals surface area contributed by atoms with Crippen molar-refractivity contribution in [3.8, 4) is 0 Å². The molecule has 27 heavy (non-hydrogen) atoms. The zero-order chi connectivity index (χ0) is 20.4. The van der Waals surface area contributed by atoms with Crippen LogP contribution < -0.4 is 0 Å². The van der Waals surface area contributed by atoms with Crippen LogP contribution in [-0.2, 0) is 10.0 Å². The van der Waals surface area contributed by atoms with Crippen LogP contribution in [0.5, 0.6) is 0 Å². The van der Waals surface area contributed by atoms with Crippen LogP contribution in [0.15, 0.2) is 0 Å². The molecule has 0 aromatic carbocycles. The van der Waals surface area contributed by atoms with E-state index in [4.69, 9.17) is 0 Å². The molecule has 0 unspecified atom stereocenters. The molecule has 3 nitrogen and oxygen atoms in total. The molecule has 164 valence electrons. The summed E-state index contributed by atoms with van der Waals surface area (Å²) in [5.41, 5.74) is 0. The summed E-state index contributed by atoms with van der Waals surface area (Å²) < 4.78 is 27.4. The van der Waals surface area contributed by atoms with Crippen LogP contribution in [0.2, 0.25) is 0 Å². The monoisotopic (exact) mass is 404 g/mol. The van der Waals surface area contributed by atoms with Gasteiger partial charge in [0.2, 0.25) is 0 Å². The van der Waals surface area contributed by atoms with Crippen LogP contribution in [-0.4, -0.2) is 37.7 Å². The van der Waals surface area contributed by atoms with Gasteiger partial charge < -0.3 is 0 Å². The minimum atomic E-state index is -3.08. The Morgan fingerprint density at radius 2 is 0.815 bits per heavy atom. The van der Waals surface area contributed by atoms with Gasteiger partial charge in [0.05, 0.1) is 19.6 Å². The molecule has 0 aliphatic heterocycles. The molecular weight excluding hydrogens is 354 g/mol. The van der Waals surface area contributed by atoms with Gasteiger partial charge in [-0.25, -0.2) is 3.89 Å². The van der Waals surface area contributed by atoms with Crippen molar-refractivity contribution in [1.29, 1.82) is 0 Å². The Morgan fingerprint density at radius 3 is 1.15 bits per heavy atom. The van der Waals surface area contributed by atoms with E-state index in [0.29, 0.717) is 9.64 Å². The molecule has 0 aromatic rings. The summed E-state index contributed by atoms with van der Waals surface area (Å²) in [6.07, 6.45) is 16.9. The predicted molar refractivity (Wildman–Crippen MR) is 121 cm³/mol. The fourth-order valence-corrected chi connectivity index (χ4v) is 6.14. The fraction of sp³-hybridized carbons (Fsp3) is 1.00. The van der Waals surface area contributed by atoms with Crippen molar-refractivity contribution in [2.24, 2.45) is 0 Å². The minimum Gasteiger partial charge on any atom is -0.218 e. The van der Waals surface area contributed by atoms with Gasteiger partial charge in [0.1, 0.15) is 5.75 Å². The van der Waals surface area contributed by atoms with Crippen LogP contribution in [0.1, 0.15) is 124 Å². The molecule has 0 amide bonds. The summed E-state index contributed by atoms with van der Waals surface area (Å²) in [5.74, 6) is 0.385. The van der Waals surface area contributed by atoms with E-state index in [1.54, 1.807) is 0 Å². The molecule has 4 heteroatoms. The highest BCUT2D eigenvalue weighted by atomic mass is 32.2. The van der Waals surface area contributed by atoms with Gasteiger partial charge in [0.25, 0.3) is 10.0 Å². The quantitative estimate of drug-likeness (QED) is 0.161. The standard InChI is InChI=1S/C23H50NO2S/c1-5-9-13-16-20-24(21-17-14-10-6-2,22-18-15-11-7-3)27(25,26)23-19-12-8-4/h5-23H2,1-4H3/q+1. The molecule has 0 aliphatic carbocycles. The van der Waals surface area contributed by atoms with E-state index in [1.807, 2.05) is 0 Å². The Morgan fingerprint density at radius 1 is 0.481 bits per heavy atom. The van der Waals surface area contributed by atoms with Crippen molar-refractivity contribution in [2.45, 2.75) is 124 Å². The average molecular weight is 405 g/mol. The van der Waals surface area contributed by atoms with Crippen LogP contribution in [0.3, 0.4) is 0 Å². The Hall–Kier alpha value is -0.0900. The normalized spacial score (nSPS) is 12.6. The summed E-state index contributed by atoms with van der Waals surface area (Å²) in [4.78, 5) is 0. The van der Waals surface area contributed by atoms with Gasteiger partial charge in [-0.15, -0.1) is 0 Å². The predicted octanol–water partition coefficient (Wildman–Crippen LogP) is 7.06. The van der Waals surface area contributed by atoms with E-state index in [2.05, 4.69) is 27.7 Å². The van der Waals surface area contributed by atoms with Crippen molar-refractivity contribution in [3.63, 3.8) is 0 Å². The number of rotatable bonds is 20. The van der Waals surface area contributed by atoms with Crippen LogP contribution in [0.4, 0.5) is 0 Å². The lowest BCUT2D eigenvalue weighted by Crippen LogP contribution is -2.55. The Balaban J connectivity index is 5.24.